The third kappa shape index (κ3) is 36.3. The minimum atomic E-state index is -1.71. The number of ether oxygens (including phenoxy) is 6. The summed E-state index contributed by atoms with van der Waals surface area (Å²) in [6.07, 6.45) is 43.5. The fraction of sp³-hybridized carbons (Fsp3) is 0.889. The first kappa shape index (κ1) is 71.3. The molecule has 452 valence electrons. The summed E-state index contributed by atoms with van der Waals surface area (Å²) in [6.45, 7) is 3.71. The van der Waals surface area contributed by atoms with Crippen molar-refractivity contribution in [2.24, 2.45) is 0 Å². The Kier molecular flexibility index (Phi) is 46.3. The number of aliphatic hydroxyl groups is 7. The first-order chi connectivity index (χ1) is 37.6. The smallest absolute Gasteiger partial charge is 0.306 e. The van der Waals surface area contributed by atoms with Crippen molar-refractivity contribution in [1.29, 1.82) is 0 Å². The van der Waals surface area contributed by atoms with E-state index < -0.39 is 80.7 Å². The van der Waals surface area contributed by atoms with Gasteiger partial charge in [0.05, 0.1) is 26.4 Å². The zero-order chi connectivity index (χ0) is 55.8. The van der Waals surface area contributed by atoms with Gasteiger partial charge in [-0.2, -0.15) is 0 Å². The molecule has 14 nitrogen and oxygen atoms in total. The number of allylic oxidation sites excluding steroid dienone is 6. The molecule has 2 heterocycles. The SMILES string of the molecule is CCCCCCC/C=C\C/C=C\C/C=C\CCCCCCCCCOCC(COC1OC(COC2OC(CO)C(O)C(O)C2O)C(O)C(O)C1O)OC(=O)CCCCCCCCCCCCCCCCCCCCCCC. The van der Waals surface area contributed by atoms with Crippen LogP contribution in [-0.2, 0) is 33.2 Å². The molecule has 2 aliphatic heterocycles. The van der Waals surface area contributed by atoms with Gasteiger partial charge in [0.1, 0.15) is 54.9 Å². The molecule has 0 aromatic carbocycles. The van der Waals surface area contributed by atoms with Gasteiger partial charge in [0.2, 0.25) is 0 Å². The van der Waals surface area contributed by atoms with Crippen molar-refractivity contribution in [3.63, 3.8) is 0 Å². The number of carbonyl (C=O) groups is 1. The Bertz CT molecular complexity index is 1410. The molecule has 11 unspecified atom stereocenters. The summed E-state index contributed by atoms with van der Waals surface area (Å²) < 4.78 is 34.5. The predicted octanol–water partition coefficient (Wildman–Crippen LogP) is 12.1. The Morgan fingerprint density at radius 3 is 1.26 bits per heavy atom. The lowest BCUT2D eigenvalue weighted by Gasteiger charge is -2.42. The lowest BCUT2D eigenvalue weighted by atomic mass is 9.98. The zero-order valence-electron chi connectivity index (χ0n) is 48.7. The van der Waals surface area contributed by atoms with Crippen LogP contribution >= 0.6 is 0 Å². The lowest BCUT2D eigenvalue weighted by molar-refractivity contribution is -0.332. The van der Waals surface area contributed by atoms with Crippen LogP contribution in [0.1, 0.15) is 258 Å². The Balaban J connectivity index is 1.69. The van der Waals surface area contributed by atoms with Gasteiger partial charge in [-0.3, -0.25) is 4.79 Å². The first-order valence-electron chi connectivity index (χ1n) is 31.6. The highest BCUT2D eigenvalue weighted by atomic mass is 16.7. The Labute approximate surface area is 468 Å². The summed E-state index contributed by atoms with van der Waals surface area (Å²) in [7, 11) is 0. The van der Waals surface area contributed by atoms with Crippen molar-refractivity contribution in [2.75, 3.05) is 33.0 Å². The molecule has 0 saturated carbocycles. The fourth-order valence-corrected chi connectivity index (χ4v) is 10.1. The van der Waals surface area contributed by atoms with E-state index in [9.17, 15) is 40.5 Å². The van der Waals surface area contributed by atoms with Gasteiger partial charge in [-0.15, -0.1) is 0 Å². The second-order valence-corrected chi connectivity index (χ2v) is 22.2. The van der Waals surface area contributed by atoms with Crippen LogP contribution in [0.25, 0.3) is 0 Å². The average molecular weight is 1100 g/mol. The lowest BCUT2D eigenvalue weighted by Crippen LogP contribution is -2.61. The van der Waals surface area contributed by atoms with Crippen LogP contribution in [0.5, 0.6) is 0 Å². The number of unbranched alkanes of at least 4 members (excludes halogenated alkanes) is 32. The summed E-state index contributed by atoms with van der Waals surface area (Å²) in [6, 6.07) is 0. The van der Waals surface area contributed by atoms with Crippen molar-refractivity contribution in [2.45, 2.75) is 325 Å². The van der Waals surface area contributed by atoms with Gasteiger partial charge in [0.15, 0.2) is 12.6 Å². The van der Waals surface area contributed by atoms with E-state index in [-0.39, 0.29) is 25.6 Å². The van der Waals surface area contributed by atoms with Crippen molar-refractivity contribution in [1.82, 2.24) is 0 Å². The van der Waals surface area contributed by atoms with Gasteiger partial charge in [-0.05, 0) is 51.4 Å². The van der Waals surface area contributed by atoms with Crippen LogP contribution in [0.3, 0.4) is 0 Å². The van der Waals surface area contributed by atoms with Gasteiger partial charge in [-0.25, -0.2) is 0 Å². The largest absolute Gasteiger partial charge is 0.457 e. The predicted molar refractivity (Wildman–Crippen MR) is 307 cm³/mol. The monoisotopic (exact) mass is 1100 g/mol. The van der Waals surface area contributed by atoms with E-state index in [1.807, 2.05) is 0 Å². The molecule has 0 radical (unpaired) electrons. The van der Waals surface area contributed by atoms with Crippen molar-refractivity contribution >= 4 is 5.97 Å². The minimum Gasteiger partial charge on any atom is -0.457 e. The van der Waals surface area contributed by atoms with Crippen LogP contribution in [0, 0.1) is 0 Å². The molecule has 77 heavy (non-hydrogen) atoms. The minimum absolute atomic E-state index is 0.0578. The molecular weight excluding hydrogens is 981 g/mol. The molecule has 0 aliphatic carbocycles. The van der Waals surface area contributed by atoms with E-state index >= 15 is 0 Å². The molecule has 0 aromatic heterocycles. The van der Waals surface area contributed by atoms with E-state index in [2.05, 4.69) is 50.3 Å². The standard InChI is InChI=1S/C63H116O14/c1-3-5-7-9-11-13-15-17-19-21-23-25-27-29-31-33-35-37-39-41-43-45-47-72-49-52(50-73-62-61(71)59(69)57(67)54(77-62)51-74-63-60(70)58(68)56(66)53(48-64)76-63)75-55(65)46-44-42-40-38-36-34-32-30-28-26-24-22-20-18-16-14-12-10-8-6-4-2/h15,17,21,23,27,29,52-54,56-64,66-71H,3-14,16,18-20,22,24-26,28,30-51H2,1-2H3/b17-15-,23-21-,29-27-. The molecule has 2 saturated heterocycles. The average Bonchev–Trinajstić information content (AvgIpc) is 3.43. The van der Waals surface area contributed by atoms with Crippen molar-refractivity contribution in [3.05, 3.63) is 36.5 Å². The highest BCUT2D eigenvalue weighted by Gasteiger charge is 2.47. The van der Waals surface area contributed by atoms with E-state index in [4.69, 9.17) is 28.4 Å². The summed E-state index contributed by atoms with van der Waals surface area (Å²) in [4.78, 5) is 13.1. The zero-order valence-corrected chi connectivity index (χ0v) is 48.7. The maximum absolute atomic E-state index is 13.1. The topological polar surface area (TPSA) is 214 Å². The quantitative estimate of drug-likeness (QED) is 0.0172. The molecule has 0 bridgehead atoms. The number of rotatable bonds is 52. The summed E-state index contributed by atoms with van der Waals surface area (Å²) in [5, 5.41) is 72.5. The number of esters is 1. The van der Waals surface area contributed by atoms with E-state index in [0.717, 1.165) is 57.8 Å². The highest BCUT2D eigenvalue weighted by Crippen LogP contribution is 2.27. The molecule has 2 rings (SSSR count). The summed E-state index contributed by atoms with van der Waals surface area (Å²) in [5.74, 6) is -0.374. The van der Waals surface area contributed by atoms with Crippen molar-refractivity contribution < 1.29 is 69.0 Å². The molecule has 7 N–H and O–H groups in total. The van der Waals surface area contributed by atoms with Gasteiger partial charge < -0.3 is 64.2 Å². The van der Waals surface area contributed by atoms with Crippen molar-refractivity contribution in [3.8, 4) is 0 Å². The number of hydrogen-bond donors (Lipinski definition) is 7. The van der Waals surface area contributed by atoms with Crippen LogP contribution in [0.4, 0.5) is 0 Å². The maximum atomic E-state index is 13.1. The van der Waals surface area contributed by atoms with Gasteiger partial charge in [0, 0.05) is 13.0 Å². The third-order valence-corrected chi connectivity index (χ3v) is 15.2. The molecule has 0 amide bonds. The fourth-order valence-electron chi connectivity index (χ4n) is 10.1. The molecule has 0 spiro atoms. The Morgan fingerprint density at radius 1 is 0.429 bits per heavy atom. The molecule has 14 heteroatoms. The van der Waals surface area contributed by atoms with Crippen LogP contribution in [0.15, 0.2) is 36.5 Å². The Hall–Kier alpha value is -1.79. The summed E-state index contributed by atoms with van der Waals surface area (Å²) in [5.41, 5.74) is 0. The van der Waals surface area contributed by atoms with E-state index in [1.165, 1.54) is 173 Å². The van der Waals surface area contributed by atoms with Gasteiger partial charge >= 0.3 is 5.97 Å². The van der Waals surface area contributed by atoms with Gasteiger partial charge in [0.25, 0.3) is 0 Å². The Morgan fingerprint density at radius 2 is 0.805 bits per heavy atom. The molecule has 2 aliphatic rings. The number of carbonyl (C=O) groups excluding carboxylic acids is 1. The van der Waals surface area contributed by atoms with Gasteiger partial charge in [-0.1, -0.05) is 237 Å². The van der Waals surface area contributed by atoms with Crippen LogP contribution < -0.4 is 0 Å². The second kappa shape index (κ2) is 50.0. The second-order valence-electron chi connectivity index (χ2n) is 22.2. The third-order valence-electron chi connectivity index (χ3n) is 15.2. The highest BCUT2D eigenvalue weighted by molar-refractivity contribution is 5.69. The molecule has 11 atom stereocenters. The van der Waals surface area contributed by atoms with E-state index in [1.54, 1.807) is 0 Å². The first-order valence-corrected chi connectivity index (χ1v) is 31.6. The summed E-state index contributed by atoms with van der Waals surface area (Å²) >= 11 is 0. The maximum Gasteiger partial charge on any atom is 0.306 e. The van der Waals surface area contributed by atoms with Crippen LogP contribution in [0.2, 0.25) is 0 Å². The number of aliphatic hydroxyl groups excluding tert-OH is 7. The number of hydrogen-bond acceptors (Lipinski definition) is 14. The molecule has 0 aromatic rings. The van der Waals surface area contributed by atoms with Crippen LogP contribution in [-0.4, -0.2) is 142 Å². The molecular formula is C63H116O14. The molecule has 2 fully saturated rings. The van der Waals surface area contributed by atoms with E-state index in [0.29, 0.717) is 13.0 Å². The normalized spacial score (nSPS) is 24.5.